The smallest absolute Gasteiger partial charge is 0.0741 e. The van der Waals surface area contributed by atoms with E-state index in [-0.39, 0.29) is 0 Å². The minimum Gasteiger partial charge on any atom is -0.389 e. The largest absolute Gasteiger partial charge is 0.389 e. The van der Waals surface area contributed by atoms with Crippen molar-refractivity contribution in [2.24, 2.45) is 11.7 Å². The Kier molecular flexibility index (Phi) is 5.03. The normalized spacial score (nSPS) is 26.8. The van der Waals surface area contributed by atoms with Crippen LogP contribution in [0.2, 0.25) is 0 Å². The maximum Gasteiger partial charge on any atom is 0.0741 e. The summed E-state index contributed by atoms with van der Waals surface area (Å²) >= 11 is 0. The second-order valence-electron chi connectivity index (χ2n) is 5.17. The predicted octanol–water partition coefficient (Wildman–Crippen LogP) is 1.21. The molecule has 0 aliphatic carbocycles. The number of aliphatic hydroxyl groups is 1. The molecule has 1 heterocycles. The molecule has 0 aromatic carbocycles. The lowest BCUT2D eigenvalue weighted by molar-refractivity contribution is 0.0550. The van der Waals surface area contributed by atoms with Gasteiger partial charge >= 0.3 is 0 Å². The minimum absolute atomic E-state index is 0.366. The summed E-state index contributed by atoms with van der Waals surface area (Å²) in [5.74, 6) is 0.903. The number of likely N-dealkylation sites (tertiary alicyclic amines) is 1. The highest BCUT2D eigenvalue weighted by atomic mass is 16.3. The molecule has 15 heavy (non-hydrogen) atoms. The lowest BCUT2D eigenvalue weighted by Crippen LogP contribution is -2.35. The molecule has 1 aliphatic heterocycles. The van der Waals surface area contributed by atoms with Crippen LogP contribution in [0, 0.1) is 5.92 Å². The molecule has 0 amide bonds. The van der Waals surface area contributed by atoms with Gasteiger partial charge in [-0.3, -0.25) is 0 Å². The van der Waals surface area contributed by atoms with Gasteiger partial charge in [0.1, 0.15) is 0 Å². The topological polar surface area (TPSA) is 49.5 Å². The Balaban J connectivity index is 2.11. The summed E-state index contributed by atoms with van der Waals surface area (Å²) in [6, 6.07) is 0. The van der Waals surface area contributed by atoms with Gasteiger partial charge < -0.3 is 15.7 Å². The number of nitrogens with zero attached hydrogens (tertiary/aromatic N) is 1. The van der Waals surface area contributed by atoms with E-state index < -0.39 is 5.60 Å². The van der Waals surface area contributed by atoms with Gasteiger partial charge in [-0.05, 0) is 45.2 Å². The van der Waals surface area contributed by atoms with E-state index in [2.05, 4.69) is 11.8 Å². The molecule has 0 aromatic rings. The third-order valence-electron chi connectivity index (χ3n) is 3.58. The molecular formula is C12H26N2O. The standard InChI is InChI=1S/C12H26N2O/c1-3-11-5-8-14(9-11)7-4-6-12(2,15)10-13/h11,15H,3-10,13H2,1-2H3. The molecule has 1 fully saturated rings. The summed E-state index contributed by atoms with van der Waals surface area (Å²) in [7, 11) is 0. The van der Waals surface area contributed by atoms with Gasteiger partial charge in [0.2, 0.25) is 0 Å². The number of hydrogen-bond donors (Lipinski definition) is 2. The van der Waals surface area contributed by atoms with Gasteiger partial charge in [-0.25, -0.2) is 0 Å². The Morgan fingerprint density at radius 3 is 2.80 bits per heavy atom. The summed E-state index contributed by atoms with van der Waals surface area (Å²) in [6.07, 6.45) is 4.53. The predicted molar refractivity (Wildman–Crippen MR) is 63.8 cm³/mol. The fraction of sp³-hybridized carbons (Fsp3) is 1.00. The van der Waals surface area contributed by atoms with Crippen molar-refractivity contribution < 1.29 is 5.11 Å². The van der Waals surface area contributed by atoms with Crippen molar-refractivity contribution in [1.82, 2.24) is 4.90 Å². The maximum absolute atomic E-state index is 9.75. The number of rotatable bonds is 6. The summed E-state index contributed by atoms with van der Waals surface area (Å²) < 4.78 is 0. The quantitative estimate of drug-likeness (QED) is 0.698. The van der Waals surface area contributed by atoms with Crippen LogP contribution in [0.1, 0.15) is 39.5 Å². The van der Waals surface area contributed by atoms with Crippen LogP contribution in [0.5, 0.6) is 0 Å². The first-order valence-electron chi connectivity index (χ1n) is 6.22. The van der Waals surface area contributed by atoms with Crippen LogP contribution in [0.4, 0.5) is 0 Å². The first kappa shape index (κ1) is 12.9. The third-order valence-corrected chi connectivity index (χ3v) is 3.58. The molecule has 1 aliphatic rings. The molecule has 0 spiro atoms. The minimum atomic E-state index is -0.663. The lowest BCUT2D eigenvalue weighted by atomic mass is 10.0. The van der Waals surface area contributed by atoms with Crippen LogP contribution in [0.15, 0.2) is 0 Å². The molecule has 3 heteroatoms. The molecule has 2 atom stereocenters. The highest BCUT2D eigenvalue weighted by Crippen LogP contribution is 2.20. The lowest BCUT2D eigenvalue weighted by Gasteiger charge is -2.22. The molecule has 0 aromatic heterocycles. The highest BCUT2D eigenvalue weighted by molar-refractivity contribution is 4.77. The highest BCUT2D eigenvalue weighted by Gasteiger charge is 2.22. The number of nitrogens with two attached hydrogens (primary N) is 1. The van der Waals surface area contributed by atoms with Crippen molar-refractivity contribution in [1.29, 1.82) is 0 Å². The summed E-state index contributed by atoms with van der Waals surface area (Å²) in [5, 5.41) is 9.75. The summed E-state index contributed by atoms with van der Waals surface area (Å²) in [5.41, 5.74) is 4.82. The molecule has 0 radical (unpaired) electrons. The Morgan fingerprint density at radius 1 is 1.53 bits per heavy atom. The van der Waals surface area contributed by atoms with Crippen LogP contribution in [0.3, 0.4) is 0 Å². The number of hydrogen-bond acceptors (Lipinski definition) is 3. The summed E-state index contributed by atoms with van der Waals surface area (Å²) in [6.45, 7) is 8.07. The molecule has 1 saturated heterocycles. The van der Waals surface area contributed by atoms with E-state index in [9.17, 15) is 5.11 Å². The van der Waals surface area contributed by atoms with Gasteiger partial charge in [0.15, 0.2) is 0 Å². The Hall–Kier alpha value is -0.120. The SMILES string of the molecule is CCC1CCN(CCCC(C)(O)CN)C1. The Morgan fingerprint density at radius 2 is 2.27 bits per heavy atom. The van der Waals surface area contributed by atoms with Crippen LogP contribution in [0.25, 0.3) is 0 Å². The van der Waals surface area contributed by atoms with Crippen molar-refractivity contribution in [2.75, 3.05) is 26.2 Å². The van der Waals surface area contributed by atoms with Crippen molar-refractivity contribution in [3.8, 4) is 0 Å². The van der Waals surface area contributed by atoms with E-state index in [0.29, 0.717) is 6.54 Å². The zero-order valence-corrected chi connectivity index (χ0v) is 10.2. The second-order valence-corrected chi connectivity index (χ2v) is 5.17. The fourth-order valence-electron chi connectivity index (χ4n) is 2.23. The van der Waals surface area contributed by atoms with E-state index in [0.717, 1.165) is 25.3 Å². The van der Waals surface area contributed by atoms with Gasteiger partial charge in [0.25, 0.3) is 0 Å². The van der Waals surface area contributed by atoms with E-state index in [1.165, 1.54) is 25.9 Å². The Bertz CT molecular complexity index is 182. The van der Waals surface area contributed by atoms with Crippen molar-refractivity contribution in [2.45, 2.75) is 45.1 Å². The van der Waals surface area contributed by atoms with Crippen molar-refractivity contribution >= 4 is 0 Å². The average molecular weight is 214 g/mol. The van der Waals surface area contributed by atoms with Gasteiger partial charge in [0, 0.05) is 13.1 Å². The molecule has 0 saturated carbocycles. The first-order valence-corrected chi connectivity index (χ1v) is 6.22. The second kappa shape index (κ2) is 5.83. The molecular weight excluding hydrogens is 188 g/mol. The van der Waals surface area contributed by atoms with Crippen LogP contribution in [-0.4, -0.2) is 41.8 Å². The maximum atomic E-state index is 9.75. The van der Waals surface area contributed by atoms with Gasteiger partial charge in [0.05, 0.1) is 5.60 Å². The molecule has 0 bridgehead atoms. The molecule has 1 rings (SSSR count). The molecule has 90 valence electrons. The fourth-order valence-corrected chi connectivity index (χ4v) is 2.23. The first-order chi connectivity index (χ1) is 7.07. The van der Waals surface area contributed by atoms with Crippen LogP contribution in [-0.2, 0) is 0 Å². The Labute approximate surface area is 93.6 Å². The van der Waals surface area contributed by atoms with E-state index in [1.54, 1.807) is 0 Å². The summed E-state index contributed by atoms with van der Waals surface area (Å²) in [4.78, 5) is 2.51. The van der Waals surface area contributed by atoms with E-state index in [1.807, 2.05) is 6.92 Å². The average Bonchev–Trinajstić information content (AvgIpc) is 2.66. The zero-order chi connectivity index (χ0) is 11.3. The monoisotopic (exact) mass is 214 g/mol. The van der Waals surface area contributed by atoms with Gasteiger partial charge in [-0.15, -0.1) is 0 Å². The third kappa shape index (κ3) is 4.49. The molecule has 2 unspecified atom stereocenters. The van der Waals surface area contributed by atoms with Gasteiger partial charge in [-0.1, -0.05) is 13.3 Å². The van der Waals surface area contributed by atoms with E-state index >= 15 is 0 Å². The molecule has 3 N–H and O–H groups in total. The van der Waals surface area contributed by atoms with Crippen molar-refractivity contribution in [3.05, 3.63) is 0 Å². The zero-order valence-electron chi connectivity index (χ0n) is 10.2. The van der Waals surface area contributed by atoms with Crippen LogP contribution >= 0.6 is 0 Å². The molecule has 3 nitrogen and oxygen atoms in total. The van der Waals surface area contributed by atoms with Crippen molar-refractivity contribution in [3.63, 3.8) is 0 Å². The van der Waals surface area contributed by atoms with Crippen LogP contribution < -0.4 is 5.73 Å². The van der Waals surface area contributed by atoms with E-state index in [4.69, 9.17) is 5.73 Å². The van der Waals surface area contributed by atoms with Gasteiger partial charge in [-0.2, -0.15) is 0 Å².